The number of hydrogen-bond acceptors (Lipinski definition) is 4. The van der Waals surface area contributed by atoms with E-state index in [0.717, 1.165) is 25.7 Å². The van der Waals surface area contributed by atoms with Gasteiger partial charge in [0.05, 0.1) is 13.2 Å². The lowest BCUT2D eigenvalue weighted by molar-refractivity contribution is -0.137. The number of allylic oxidation sites excluding steroid dienone is 1. The fraction of sp³-hybridized carbons (Fsp3) is 0.636. The summed E-state index contributed by atoms with van der Waals surface area (Å²) < 4.78 is 4.90. The van der Waals surface area contributed by atoms with E-state index in [0.29, 0.717) is 13.2 Å². The van der Waals surface area contributed by atoms with Gasteiger partial charge in [-0.2, -0.15) is 0 Å². The van der Waals surface area contributed by atoms with E-state index < -0.39 is 0 Å². The molecule has 4 nitrogen and oxygen atoms in total. The second kappa shape index (κ2) is 10.7. The number of esters is 1. The maximum atomic E-state index is 10.9. The number of carbonyl (C=O) groups is 1. The van der Waals surface area contributed by atoms with Crippen LogP contribution in [0.15, 0.2) is 17.1 Å². The third-order valence-electron chi connectivity index (χ3n) is 1.78. The Balaban J connectivity index is 3.17. The summed E-state index contributed by atoms with van der Waals surface area (Å²) in [6.45, 7) is 2.77. The van der Waals surface area contributed by atoms with Gasteiger partial charge in [0.1, 0.15) is 0 Å². The van der Waals surface area contributed by atoms with Gasteiger partial charge in [-0.1, -0.05) is 12.5 Å². The van der Waals surface area contributed by atoms with Gasteiger partial charge in [-0.05, 0) is 26.2 Å². The zero-order chi connectivity index (χ0) is 11.4. The highest BCUT2D eigenvalue weighted by Crippen LogP contribution is 2.00. The lowest BCUT2D eigenvalue weighted by Crippen LogP contribution is -2.02. The highest BCUT2D eigenvalue weighted by atomic mass is 16.5. The van der Waals surface area contributed by atoms with Crippen LogP contribution in [0.1, 0.15) is 32.6 Å². The van der Waals surface area contributed by atoms with Crippen molar-refractivity contribution in [1.82, 2.24) is 0 Å². The Labute approximate surface area is 90.0 Å². The molecule has 0 radical (unpaired) electrons. The van der Waals surface area contributed by atoms with Crippen LogP contribution in [0.2, 0.25) is 0 Å². The molecule has 0 heterocycles. The first-order valence-electron chi connectivity index (χ1n) is 5.14. The minimum Gasteiger partial charge on any atom is -0.463 e. The summed E-state index contributed by atoms with van der Waals surface area (Å²) in [7, 11) is 0. The number of carbonyl (C=O) groups excluding carboxylic acids is 2. The fourth-order valence-corrected chi connectivity index (χ4v) is 1.05. The molecule has 4 heteroatoms. The fourth-order valence-electron chi connectivity index (χ4n) is 1.05. The molecule has 0 saturated carbocycles. The van der Waals surface area contributed by atoms with Gasteiger partial charge in [0, 0.05) is 6.08 Å². The van der Waals surface area contributed by atoms with Crippen LogP contribution in [0.5, 0.6) is 0 Å². The standard InChI is InChI=1S/C11H17NO3/c1-2-7-11(14)15-9-6-4-3-5-8-12-10-13/h2,7H,3-6,8-9H2,1H3/b7-2+. The Morgan fingerprint density at radius 2 is 2.07 bits per heavy atom. The molecule has 84 valence electrons. The van der Waals surface area contributed by atoms with E-state index in [1.54, 1.807) is 13.0 Å². The van der Waals surface area contributed by atoms with Gasteiger partial charge in [-0.15, -0.1) is 0 Å². The van der Waals surface area contributed by atoms with E-state index in [9.17, 15) is 9.59 Å². The predicted octanol–water partition coefficient (Wildman–Crippen LogP) is 2.00. The van der Waals surface area contributed by atoms with E-state index in [4.69, 9.17) is 4.74 Å². The minimum absolute atomic E-state index is 0.289. The molecule has 0 amide bonds. The van der Waals surface area contributed by atoms with E-state index in [2.05, 4.69) is 4.99 Å². The van der Waals surface area contributed by atoms with Crippen LogP contribution in [0.25, 0.3) is 0 Å². The Hall–Kier alpha value is -1.41. The smallest absolute Gasteiger partial charge is 0.330 e. The van der Waals surface area contributed by atoms with Gasteiger partial charge in [-0.3, -0.25) is 0 Å². The van der Waals surface area contributed by atoms with Crippen molar-refractivity contribution in [3.05, 3.63) is 12.2 Å². The van der Waals surface area contributed by atoms with Gasteiger partial charge in [-0.25, -0.2) is 14.6 Å². The Kier molecular flexibility index (Phi) is 9.67. The number of aliphatic imine (C=N–C) groups is 1. The molecule has 0 aromatic heterocycles. The summed E-state index contributed by atoms with van der Waals surface area (Å²) in [5.41, 5.74) is 0. The first-order valence-corrected chi connectivity index (χ1v) is 5.14. The topological polar surface area (TPSA) is 55.7 Å². The van der Waals surface area contributed by atoms with E-state index in [-0.39, 0.29) is 5.97 Å². The molecule has 0 atom stereocenters. The molecular formula is C11H17NO3. The van der Waals surface area contributed by atoms with Crippen molar-refractivity contribution in [1.29, 1.82) is 0 Å². The van der Waals surface area contributed by atoms with Gasteiger partial charge in [0.15, 0.2) is 0 Å². The number of ether oxygens (including phenoxy) is 1. The van der Waals surface area contributed by atoms with Crippen molar-refractivity contribution in [2.45, 2.75) is 32.6 Å². The monoisotopic (exact) mass is 211 g/mol. The molecule has 0 aromatic rings. The molecule has 0 aromatic carbocycles. The van der Waals surface area contributed by atoms with Gasteiger partial charge in [0.25, 0.3) is 0 Å². The van der Waals surface area contributed by atoms with Crippen LogP contribution < -0.4 is 0 Å². The normalized spacial score (nSPS) is 9.93. The average Bonchev–Trinajstić information content (AvgIpc) is 2.22. The molecule has 0 N–H and O–H groups in total. The number of hydrogen-bond donors (Lipinski definition) is 0. The van der Waals surface area contributed by atoms with Crippen LogP contribution in [0.4, 0.5) is 0 Å². The molecule has 0 rings (SSSR count). The first kappa shape index (κ1) is 13.6. The average molecular weight is 211 g/mol. The van der Waals surface area contributed by atoms with E-state index >= 15 is 0 Å². The second-order valence-corrected chi connectivity index (χ2v) is 3.05. The van der Waals surface area contributed by atoms with Gasteiger partial charge >= 0.3 is 5.97 Å². The molecule has 0 aliphatic rings. The maximum absolute atomic E-state index is 10.9. The molecule has 0 aliphatic heterocycles. The quantitative estimate of drug-likeness (QED) is 0.203. The lowest BCUT2D eigenvalue weighted by Gasteiger charge is -2.01. The van der Waals surface area contributed by atoms with Gasteiger partial charge < -0.3 is 4.74 Å². The zero-order valence-corrected chi connectivity index (χ0v) is 9.07. The molecule has 0 unspecified atom stereocenters. The number of unbranched alkanes of at least 4 members (excludes halogenated alkanes) is 3. The van der Waals surface area contributed by atoms with Crippen molar-refractivity contribution >= 4 is 12.0 Å². The summed E-state index contributed by atoms with van der Waals surface area (Å²) in [6.07, 6.45) is 8.27. The van der Waals surface area contributed by atoms with E-state index in [1.165, 1.54) is 12.2 Å². The maximum Gasteiger partial charge on any atom is 0.330 e. The SMILES string of the molecule is C/C=C/C(=O)OCCCCCCN=C=O. The molecule has 0 spiro atoms. The van der Waals surface area contributed by atoms with Crippen LogP contribution in [-0.2, 0) is 14.3 Å². The predicted molar refractivity (Wildman–Crippen MR) is 57.2 cm³/mol. The summed E-state index contributed by atoms with van der Waals surface area (Å²) in [5, 5.41) is 0. The molecule has 0 saturated heterocycles. The molecule has 15 heavy (non-hydrogen) atoms. The number of isocyanates is 1. The highest BCUT2D eigenvalue weighted by molar-refractivity contribution is 5.81. The summed E-state index contributed by atoms with van der Waals surface area (Å²) >= 11 is 0. The molecule has 0 bridgehead atoms. The van der Waals surface area contributed by atoms with Crippen molar-refractivity contribution < 1.29 is 14.3 Å². The Morgan fingerprint density at radius 3 is 2.73 bits per heavy atom. The largest absolute Gasteiger partial charge is 0.463 e. The first-order chi connectivity index (χ1) is 7.31. The highest BCUT2D eigenvalue weighted by Gasteiger charge is 1.95. The lowest BCUT2D eigenvalue weighted by atomic mass is 10.2. The third-order valence-corrected chi connectivity index (χ3v) is 1.78. The van der Waals surface area contributed by atoms with Crippen LogP contribution >= 0.6 is 0 Å². The zero-order valence-electron chi connectivity index (χ0n) is 9.07. The molecule has 0 aliphatic carbocycles. The van der Waals surface area contributed by atoms with Crippen molar-refractivity contribution in [3.8, 4) is 0 Å². The Bertz CT molecular complexity index is 242. The third kappa shape index (κ3) is 10.5. The molecule has 0 fully saturated rings. The summed E-state index contributed by atoms with van der Waals surface area (Å²) in [6, 6.07) is 0. The van der Waals surface area contributed by atoms with Gasteiger partial charge in [0.2, 0.25) is 6.08 Å². The van der Waals surface area contributed by atoms with Crippen molar-refractivity contribution in [3.63, 3.8) is 0 Å². The second-order valence-electron chi connectivity index (χ2n) is 3.05. The summed E-state index contributed by atoms with van der Waals surface area (Å²) in [4.78, 5) is 24.0. The van der Waals surface area contributed by atoms with Crippen LogP contribution in [0, 0.1) is 0 Å². The summed E-state index contributed by atoms with van der Waals surface area (Å²) in [5.74, 6) is -0.289. The minimum atomic E-state index is -0.289. The Morgan fingerprint density at radius 1 is 1.33 bits per heavy atom. The molecular weight excluding hydrogens is 194 g/mol. The van der Waals surface area contributed by atoms with Crippen molar-refractivity contribution in [2.75, 3.05) is 13.2 Å². The van der Waals surface area contributed by atoms with Crippen LogP contribution in [-0.4, -0.2) is 25.2 Å². The van der Waals surface area contributed by atoms with Crippen LogP contribution in [0.3, 0.4) is 0 Å². The number of rotatable bonds is 8. The van der Waals surface area contributed by atoms with E-state index in [1.807, 2.05) is 0 Å². The number of nitrogens with zero attached hydrogens (tertiary/aromatic N) is 1. The van der Waals surface area contributed by atoms with Crippen molar-refractivity contribution in [2.24, 2.45) is 4.99 Å².